The third-order valence-corrected chi connectivity index (χ3v) is 4.97. The van der Waals surface area contributed by atoms with Crippen molar-refractivity contribution < 1.29 is 5.11 Å². The van der Waals surface area contributed by atoms with Gasteiger partial charge in [-0.25, -0.2) is 0 Å². The number of β-amino-alcohol motifs (C(OH)–C–C–N with tert-alkyl or cyclic N) is 1. The van der Waals surface area contributed by atoms with Crippen molar-refractivity contribution in [2.45, 2.75) is 18.1 Å². The lowest BCUT2D eigenvalue weighted by atomic mass is 9.83. The van der Waals surface area contributed by atoms with Crippen LogP contribution in [0.25, 0.3) is 0 Å². The molecule has 1 heterocycles. The van der Waals surface area contributed by atoms with E-state index in [1.807, 2.05) is 30.3 Å². The smallest absolute Gasteiger partial charge is 0.0940 e. The van der Waals surface area contributed by atoms with Crippen molar-refractivity contribution >= 4 is 0 Å². The number of aliphatic hydroxyl groups is 1. The van der Waals surface area contributed by atoms with Crippen molar-refractivity contribution in [1.29, 1.82) is 0 Å². The molecule has 0 atom stereocenters. The molecule has 1 N–H and O–H groups in total. The maximum absolute atomic E-state index is 10.9. The summed E-state index contributed by atoms with van der Waals surface area (Å²) in [5.74, 6) is 0. The zero-order chi connectivity index (χ0) is 17.1. The van der Waals surface area contributed by atoms with Gasteiger partial charge in [-0.1, -0.05) is 91.0 Å². The van der Waals surface area contributed by atoms with Gasteiger partial charge in [0.2, 0.25) is 0 Å². The van der Waals surface area contributed by atoms with Crippen molar-refractivity contribution in [2.24, 2.45) is 0 Å². The Balaban J connectivity index is 1.54. The summed E-state index contributed by atoms with van der Waals surface area (Å²) in [5.41, 5.74) is 3.11. The van der Waals surface area contributed by atoms with Crippen molar-refractivity contribution in [1.82, 2.24) is 4.90 Å². The highest BCUT2D eigenvalue weighted by Gasteiger charge is 2.44. The molecular weight excluding hydrogens is 306 g/mol. The lowest BCUT2D eigenvalue weighted by molar-refractivity contribution is -0.109. The highest BCUT2D eigenvalue weighted by molar-refractivity contribution is 5.33. The van der Waals surface area contributed by atoms with Gasteiger partial charge in [-0.05, 0) is 16.7 Å². The normalized spacial score (nSPS) is 16.6. The zero-order valence-corrected chi connectivity index (χ0v) is 14.3. The van der Waals surface area contributed by atoms with E-state index in [4.69, 9.17) is 0 Å². The highest BCUT2D eigenvalue weighted by atomic mass is 16.3. The lowest BCUT2D eigenvalue weighted by Crippen LogP contribution is -2.63. The standard InChI is InChI=1S/C23H23NO/c25-23(16-19-10-4-1-5-11-19)17-24(18-23)22(20-12-6-2-7-13-20)21-14-8-3-9-15-21/h1-15,22,25H,16-18H2. The van der Waals surface area contributed by atoms with Crippen LogP contribution in [-0.4, -0.2) is 28.7 Å². The van der Waals surface area contributed by atoms with E-state index in [1.165, 1.54) is 16.7 Å². The lowest BCUT2D eigenvalue weighted by Gasteiger charge is -2.50. The van der Waals surface area contributed by atoms with Crippen molar-refractivity contribution in [3.05, 3.63) is 108 Å². The monoisotopic (exact) mass is 329 g/mol. The fourth-order valence-electron chi connectivity index (χ4n) is 3.86. The second-order valence-corrected chi connectivity index (χ2v) is 7.02. The summed E-state index contributed by atoms with van der Waals surface area (Å²) in [4.78, 5) is 2.37. The predicted octanol–water partition coefficient (Wildman–Crippen LogP) is 4.07. The first-order valence-corrected chi connectivity index (χ1v) is 8.84. The van der Waals surface area contributed by atoms with Crippen molar-refractivity contribution in [2.75, 3.05) is 13.1 Å². The van der Waals surface area contributed by atoms with Gasteiger partial charge in [0, 0.05) is 19.5 Å². The Morgan fingerprint density at radius 3 is 1.64 bits per heavy atom. The van der Waals surface area contributed by atoms with Gasteiger partial charge >= 0.3 is 0 Å². The molecular formula is C23H23NO. The SMILES string of the molecule is OC1(Cc2ccccc2)CN(C(c2ccccc2)c2ccccc2)C1. The summed E-state index contributed by atoms with van der Waals surface area (Å²) in [5, 5.41) is 10.9. The number of benzene rings is 3. The van der Waals surface area contributed by atoms with Crippen LogP contribution in [0, 0.1) is 0 Å². The number of hydrogen-bond donors (Lipinski definition) is 1. The predicted molar refractivity (Wildman–Crippen MR) is 101 cm³/mol. The number of likely N-dealkylation sites (tertiary alicyclic amines) is 1. The summed E-state index contributed by atoms with van der Waals surface area (Å²) in [6.45, 7) is 1.38. The average molecular weight is 329 g/mol. The molecule has 0 aliphatic carbocycles. The molecule has 1 saturated heterocycles. The van der Waals surface area contributed by atoms with Gasteiger partial charge in [0.15, 0.2) is 0 Å². The minimum atomic E-state index is -0.636. The van der Waals surface area contributed by atoms with Gasteiger partial charge in [0.05, 0.1) is 11.6 Å². The van der Waals surface area contributed by atoms with E-state index in [0.717, 1.165) is 0 Å². The summed E-state index contributed by atoms with van der Waals surface area (Å²) in [6, 6.07) is 31.6. The molecule has 2 heteroatoms. The van der Waals surface area contributed by atoms with Crippen molar-refractivity contribution in [3.8, 4) is 0 Å². The molecule has 0 radical (unpaired) electrons. The van der Waals surface area contributed by atoms with E-state index >= 15 is 0 Å². The molecule has 1 fully saturated rings. The summed E-state index contributed by atoms with van der Waals surface area (Å²) < 4.78 is 0. The average Bonchev–Trinajstić information content (AvgIpc) is 2.63. The van der Waals surface area contributed by atoms with Crippen LogP contribution < -0.4 is 0 Å². The molecule has 1 aliphatic heterocycles. The Bertz CT molecular complexity index is 756. The molecule has 2 nitrogen and oxygen atoms in total. The Kier molecular flexibility index (Phi) is 4.39. The van der Waals surface area contributed by atoms with Crippen LogP contribution in [0.2, 0.25) is 0 Å². The van der Waals surface area contributed by atoms with Crippen LogP contribution in [0.3, 0.4) is 0 Å². The summed E-state index contributed by atoms with van der Waals surface area (Å²) in [7, 11) is 0. The first-order chi connectivity index (χ1) is 12.2. The van der Waals surface area contributed by atoms with E-state index in [0.29, 0.717) is 19.5 Å². The van der Waals surface area contributed by atoms with E-state index in [1.54, 1.807) is 0 Å². The second-order valence-electron chi connectivity index (χ2n) is 7.02. The quantitative estimate of drug-likeness (QED) is 0.763. The topological polar surface area (TPSA) is 23.5 Å². The Hall–Kier alpha value is -2.42. The molecule has 3 aromatic rings. The molecule has 25 heavy (non-hydrogen) atoms. The Labute approximate surface area is 149 Å². The molecule has 4 rings (SSSR count). The van der Waals surface area contributed by atoms with Gasteiger partial charge < -0.3 is 5.11 Å². The molecule has 126 valence electrons. The van der Waals surface area contributed by atoms with E-state index in [-0.39, 0.29) is 6.04 Å². The second kappa shape index (κ2) is 6.83. The molecule has 3 aromatic carbocycles. The summed E-state index contributed by atoms with van der Waals surface area (Å²) >= 11 is 0. The van der Waals surface area contributed by atoms with Crippen LogP contribution in [0.5, 0.6) is 0 Å². The number of hydrogen-bond acceptors (Lipinski definition) is 2. The molecule has 0 bridgehead atoms. The van der Waals surface area contributed by atoms with Crippen LogP contribution in [0.1, 0.15) is 22.7 Å². The van der Waals surface area contributed by atoms with Gasteiger partial charge in [-0.15, -0.1) is 0 Å². The Morgan fingerprint density at radius 2 is 1.16 bits per heavy atom. The molecule has 1 aliphatic rings. The van der Waals surface area contributed by atoms with Gasteiger partial charge in [0.1, 0.15) is 0 Å². The maximum atomic E-state index is 10.9. The van der Waals surface area contributed by atoms with Gasteiger partial charge in [-0.2, -0.15) is 0 Å². The molecule has 0 spiro atoms. The van der Waals surface area contributed by atoms with Crippen molar-refractivity contribution in [3.63, 3.8) is 0 Å². The van der Waals surface area contributed by atoms with Gasteiger partial charge in [0.25, 0.3) is 0 Å². The highest BCUT2D eigenvalue weighted by Crippen LogP contribution is 2.37. The van der Waals surface area contributed by atoms with E-state index < -0.39 is 5.60 Å². The number of nitrogens with zero attached hydrogens (tertiary/aromatic N) is 1. The van der Waals surface area contributed by atoms with Gasteiger partial charge in [-0.3, -0.25) is 4.90 Å². The number of rotatable bonds is 5. The fraction of sp³-hybridized carbons (Fsp3) is 0.217. The molecule has 0 unspecified atom stereocenters. The third kappa shape index (κ3) is 3.51. The first kappa shape index (κ1) is 16.1. The minimum Gasteiger partial charge on any atom is -0.387 e. The largest absolute Gasteiger partial charge is 0.387 e. The fourth-order valence-corrected chi connectivity index (χ4v) is 3.86. The van der Waals surface area contributed by atoms with Crippen LogP contribution in [0.4, 0.5) is 0 Å². The zero-order valence-electron chi connectivity index (χ0n) is 14.3. The molecule has 0 saturated carbocycles. The van der Waals surface area contributed by atoms with Crippen LogP contribution in [-0.2, 0) is 6.42 Å². The summed E-state index contributed by atoms with van der Waals surface area (Å²) in [6.07, 6.45) is 0.709. The van der Waals surface area contributed by atoms with E-state index in [2.05, 4.69) is 65.6 Å². The third-order valence-electron chi connectivity index (χ3n) is 4.97. The first-order valence-electron chi connectivity index (χ1n) is 8.84. The molecule has 0 aromatic heterocycles. The molecule has 0 amide bonds. The van der Waals surface area contributed by atoms with Crippen LogP contribution >= 0.6 is 0 Å². The van der Waals surface area contributed by atoms with E-state index in [9.17, 15) is 5.11 Å². The van der Waals surface area contributed by atoms with Crippen LogP contribution in [0.15, 0.2) is 91.0 Å². The Morgan fingerprint density at radius 1 is 0.720 bits per heavy atom. The minimum absolute atomic E-state index is 0.193. The maximum Gasteiger partial charge on any atom is 0.0940 e.